The van der Waals surface area contributed by atoms with Gasteiger partial charge in [0.1, 0.15) is 5.75 Å². The Morgan fingerprint density at radius 3 is 2.68 bits per heavy atom. The molecule has 1 unspecified atom stereocenters. The van der Waals surface area contributed by atoms with Crippen LogP contribution in [0.1, 0.15) is 24.0 Å². The molecule has 148 valence electrons. The first-order valence-electron chi connectivity index (χ1n) is 9.88. The number of likely N-dealkylation sites (tertiary alicyclic amines) is 1. The fourth-order valence-corrected chi connectivity index (χ4v) is 3.58. The quantitative estimate of drug-likeness (QED) is 0.728. The molecule has 1 fully saturated rings. The van der Waals surface area contributed by atoms with Crippen LogP contribution in [0.4, 0.5) is 0 Å². The first kappa shape index (κ1) is 19.9. The zero-order valence-corrected chi connectivity index (χ0v) is 16.4. The summed E-state index contributed by atoms with van der Waals surface area (Å²) in [5.41, 5.74) is 2.39. The lowest BCUT2D eigenvalue weighted by Crippen LogP contribution is -2.34. The van der Waals surface area contributed by atoms with E-state index in [0.29, 0.717) is 26.1 Å². The van der Waals surface area contributed by atoms with E-state index < -0.39 is 0 Å². The summed E-state index contributed by atoms with van der Waals surface area (Å²) in [5, 5.41) is 2.97. The van der Waals surface area contributed by atoms with Gasteiger partial charge in [0.05, 0.1) is 13.0 Å². The van der Waals surface area contributed by atoms with Crippen molar-refractivity contribution in [1.82, 2.24) is 10.2 Å². The lowest BCUT2D eigenvalue weighted by Gasteiger charge is -2.16. The van der Waals surface area contributed by atoms with Crippen molar-refractivity contribution >= 4 is 11.8 Å². The van der Waals surface area contributed by atoms with Gasteiger partial charge in [0, 0.05) is 26.1 Å². The second-order valence-corrected chi connectivity index (χ2v) is 7.22. The molecule has 28 heavy (non-hydrogen) atoms. The molecular formula is C23H28N2O3. The van der Waals surface area contributed by atoms with Crippen molar-refractivity contribution in [1.29, 1.82) is 0 Å². The Labute approximate surface area is 166 Å². The van der Waals surface area contributed by atoms with Crippen LogP contribution in [0.15, 0.2) is 54.6 Å². The van der Waals surface area contributed by atoms with Crippen molar-refractivity contribution in [3.05, 3.63) is 65.7 Å². The third-order valence-electron chi connectivity index (χ3n) is 5.17. The fraction of sp³-hybridized carbons (Fsp3) is 0.391. The monoisotopic (exact) mass is 380 g/mol. The molecule has 0 bridgehead atoms. The maximum Gasteiger partial charge on any atom is 0.225 e. The van der Waals surface area contributed by atoms with Gasteiger partial charge in [-0.25, -0.2) is 0 Å². The molecule has 0 spiro atoms. The van der Waals surface area contributed by atoms with E-state index in [-0.39, 0.29) is 17.7 Å². The topological polar surface area (TPSA) is 58.6 Å². The number of ether oxygens (including phenoxy) is 1. The molecule has 3 rings (SSSR count). The molecule has 2 aromatic carbocycles. The van der Waals surface area contributed by atoms with Crippen LogP contribution >= 0.6 is 0 Å². The van der Waals surface area contributed by atoms with Crippen molar-refractivity contribution in [2.45, 2.75) is 25.7 Å². The fourth-order valence-electron chi connectivity index (χ4n) is 3.58. The van der Waals surface area contributed by atoms with Crippen LogP contribution in [0.25, 0.3) is 0 Å². The minimum absolute atomic E-state index is 0.0261. The average molecular weight is 380 g/mol. The van der Waals surface area contributed by atoms with Crippen molar-refractivity contribution in [3.8, 4) is 5.75 Å². The first-order valence-corrected chi connectivity index (χ1v) is 9.88. The zero-order valence-electron chi connectivity index (χ0n) is 16.4. The van der Waals surface area contributed by atoms with E-state index in [4.69, 9.17) is 4.74 Å². The lowest BCUT2D eigenvalue weighted by molar-refractivity contribution is -0.129. The molecule has 2 amide bonds. The second-order valence-electron chi connectivity index (χ2n) is 7.22. The zero-order chi connectivity index (χ0) is 19.8. The van der Waals surface area contributed by atoms with Gasteiger partial charge in [-0.05, 0) is 42.5 Å². The molecule has 1 atom stereocenters. The molecule has 1 heterocycles. The highest BCUT2D eigenvalue weighted by Gasteiger charge is 2.33. The third kappa shape index (κ3) is 5.59. The Morgan fingerprint density at radius 1 is 1.11 bits per heavy atom. The maximum absolute atomic E-state index is 12.4. The molecule has 5 heteroatoms. The number of aryl methyl sites for hydroxylation is 1. The molecule has 0 saturated carbocycles. The maximum atomic E-state index is 12.4. The molecule has 1 saturated heterocycles. The minimum atomic E-state index is -0.241. The van der Waals surface area contributed by atoms with Gasteiger partial charge in [-0.3, -0.25) is 9.59 Å². The van der Waals surface area contributed by atoms with Crippen LogP contribution in [-0.2, 0) is 22.4 Å². The van der Waals surface area contributed by atoms with Crippen LogP contribution < -0.4 is 10.1 Å². The first-order chi connectivity index (χ1) is 13.7. The summed E-state index contributed by atoms with van der Waals surface area (Å²) in [6.45, 7) is 1.80. The standard InChI is InChI=1S/C23H28N2O3/c1-28-21-11-5-9-19(15-21)12-13-24-23(27)20-16-22(26)25(17-20)14-6-10-18-7-3-2-4-8-18/h2-5,7-9,11,15,20H,6,10,12-14,16-17H2,1H3,(H,24,27). The van der Waals surface area contributed by atoms with Gasteiger partial charge < -0.3 is 15.0 Å². The SMILES string of the molecule is COc1cccc(CCNC(=O)C2CC(=O)N(CCCc3ccccc3)C2)c1. The van der Waals surface area contributed by atoms with Gasteiger partial charge in [0.25, 0.3) is 0 Å². The highest BCUT2D eigenvalue weighted by Crippen LogP contribution is 2.19. The Morgan fingerprint density at radius 2 is 1.89 bits per heavy atom. The summed E-state index contributed by atoms with van der Waals surface area (Å²) in [7, 11) is 1.64. The second kappa shape index (κ2) is 9.93. The lowest BCUT2D eigenvalue weighted by atomic mass is 10.1. The normalized spacial score (nSPS) is 16.2. The molecular weight excluding hydrogens is 352 g/mol. The Kier molecular flexibility index (Phi) is 7.06. The summed E-state index contributed by atoms with van der Waals surface area (Å²) in [5.74, 6) is 0.633. The smallest absolute Gasteiger partial charge is 0.225 e. The summed E-state index contributed by atoms with van der Waals surface area (Å²) < 4.78 is 5.22. The van der Waals surface area contributed by atoms with Crippen molar-refractivity contribution in [2.24, 2.45) is 5.92 Å². The van der Waals surface area contributed by atoms with E-state index in [1.807, 2.05) is 47.4 Å². The Bertz CT molecular complexity index is 791. The number of rotatable bonds is 9. The van der Waals surface area contributed by atoms with Crippen molar-refractivity contribution in [3.63, 3.8) is 0 Å². The molecule has 5 nitrogen and oxygen atoms in total. The van der Waals surface area contributed by atoms with Gasteiger partial charge in [0.15, 0.2) is 0 Å². The minimum Gasteiger partial charge on any atom is -0.497 e. The molecule has 1 N–H and O–H groups in total. The molecule has 1 aliphatic rings. The molecule has 0 radical (unpaired) electrons. The number of methoxy groups -OCH3 is 1. The third-order valence-corrected chi connectivity index (χ3v) is 5.17. The summed E-state index contributed by atoms with van der Waals surface area (Å²) in [6, 6.07) is 18.1. The van der Waals surface area contributed by atoms with Crippen molar-refractivity contribution in [2.75, 3.05) is 26.7 Å². The van der Waals surface area contributed by atoms with E-state index >= 15 is 0 Å². The van der Waals surface area contributed by atoms with E-state index in [1.54, 1.807) is 7.11 Å². The van der Waals surface area contributed by atoms with Gasteiger partial charge in [-0.1, -0.05) is 42.5 Å². The predicted molar refractivity (Wildman–Crippen MR) is 109 cm³/mol. The van der Waals surface area contributed by atoms with Crippen molar-refractivity contribution < 1.29 is 14.3 Å². The number of hydrogen-bond acceptors (Lipinski definition) is 3. The molecule has 2 aromatic rings. The van der Waals surface area contributed by atoms with Gasteiger partial charge in [0.2, 0.25) is 11.8 Å². The summed E-state index contributed by atoms with van der Waals surface area (Å²) in [6.07, 6.45) is 2.92. The van der Waals surface area contributed by atoms with Crippen LogP contribution in [0.3, 0.4) is 0 Å². The summed E-state index contributed by atoms with van der Waals surface area (Å²) in [4.78, 5) is 26.5. The number of carbonyl (C=O) groups excluding carboxylic acids is 2. The average Bonchev–Trinajstić information content (AvgIpc) is 3.10. The molecule has 0 aliphatic carbocycles. The van der Waals surface area contributed by atoms with Crippen LogP contribution in [0, 0.1) is 5.92 Å². The highest BCUT2D eigenvalue weighted by atomic mass is 16.5. The Hall–Kier alpha value is -2.82. The van der Waals surface area contributed by atoms with Crippen LogP contribution in [-0.4, -0.2) is 43.5 Å². The van der Waals surface area contributed by atoms with Gasteiger partial charge >= 0.3 is 0 Å². The van der Waals surface area contributed by atoms with Gasteiger partial charge in [-0.15, -0.1) is 0 Å². The van der Waals surface area contributed by atoms with Gasteiger partial charge in [-0.2, -0.15) is 0 Å². The molecule has 0 aromatic heterocycles. The van der Waals surface area contributed by atoms with E-state index in [9.17, 15) is 9.59 Å². The number of amides is 2. The Balaban J connectivity index is 1.39. The van der Waals surface area contributed by atoms with E-state index in [1.165, 1.54) is 5.56 Å². The van der Waals surface area contributed by atoms with Crippen LogP contribution in [0.5, 0.6) is 5.75 Å². The summed E-state index contributed by atoms with van der Waals surface area (Å²) >= 11 is 0. The largest absolute Gasteiger partial charge is 0.497 e. The van der Waals surface area contributed by atoms with Crippen LogP contribution in [0.2, 0.25) is 0 Å². The number of nitrogens with one attached hydrogen (secondary N) is 1. The number of benzene rings is 2. The number of carbonyl (C=O) groups is 2. The predicted octanol–water partition coefficient (Wildman–Crippen LogP) is 2.84. The number of nitrogens with zero attached hydrogens (tertiary/aromatic N) is 1. The highest BCUT2D eigenvalue weighted by molar-refractivity contribution is 5.89. The number of hydrogen-bond donors (Lipinski definition) is 1. The van der Waals surface area contributed by atoms with E-state index in [0.717, 1.165) is 30.6 Å². The van der Waals surface area contributed by atoms with E-state index in [2.05, 4.69) is 17.4 Å². The molecule has 1 aliphatic heterocycles.